The van der Waals surface area contributed by atoms with Gasteiger partial charge in [0.05, 0.1) is 12.5 Å². The summed E-state index contributed by atoms with van der Waals surface area (Å²) in [6, 6.07) is 69.4. The maximum absolute atomic E-state index is 11.5. The molecule has 0 fully saturated rings. The number of ether oxygens (including phenoxy) is 2. The van der Waals surface area contributed by atoms with Crippen LogP contribution in [0.25, 0.3) is 54.2 Å². The highest BCUT2D eigenvalue weighted by atomic mass is 16.5. The second kappa shape index (κ2) is 13.7. The van der Waals surface area contributed by atoms with Gasteiger partial charge in [-0.05, 0) is 150 Å². The summed E-state index contributed by atoms with van der Waals surface area (Å²) in [7, 11) is 1.64. The number of fused-ring (bicyclic) bond motifs is 9. The van der Waals surface area contributed by atoms with Crippen LogP contribution >= 0.6 is 0 Å². The molecule has 2 unspecified atom stereocenters. The Morgan fingerprint density at radius 3 is 1.67 bits per heavy atom. The van der Waals surface area contributed by atoms with Gasteiger partial charge in [-0.1, -0.05) is 151 Å². The van der Waals surface area contributed by atoms with Gasteiger partial charge in [0.1, 0.15) is 22.8 Å². The molecule has 0 saturated heterocycles. The van der Waals surface area contributed by atoms with Crippen LogP contribution in [0.15, 0.2) is 194 Å². The highest BCUT2D eigenvalue weighted by molar-refractivity contribution is 6.09. The largest absolute Gasteiger partial charge is 0.497 e. The summed E-state index contributed by atoms with van der Waals surface area (Å²) in [5.41, 5.74) is 8.73. The molecule has 10 aromatic carbocycles. The number of methoxy groups -OCH3 is 1. The van der Waals surface area contributed by atoms with Gasteiger partial charge in [-0.25, -0.2) is 0 Å². The predicted octanol–water partition coefficient (Wildman–Crippen LogP) is 14.0. The Bertz CT molecular complexity index is 3310. The zero-order chi connectivity index (χ0) is 40.6. The van der Waals surface area contributed by atoms with Crippen LogP contribution in [0.3, 0.4) is 0 Å². The van der Waals surface area contributed by atoms with Gasteiger partial charge in [-0.15, -0.1) is 0 Å². The van der Waals surface area contributed by atoms with Crippen molar-refractivity contribution < 1.29 is 14.6 Å². The highest BCUT2D eigenvalue weighted by Crippen LogP contribution is 2.60. The first-order valence-corrected chi connectivity index (χ1v) is 20.6. The SMILES string of the molecule is COc1ccc(C(C)(O)c2ccc(Oc3ccc4cc(C5(c6ccc7cc(C)ccc7c6)c6ccc7ccccc7c6-c6ccc7ccccc7c65)ccc4c3)cc2)cc1. The third kappa shape index (κ3) is 5.54. The summed E-state index contributed by atoms with van der Waals surface area (Å²) in [5.74, 6) is 2.20. The number of benzene rings is 10. The number of hydrogen-bond donors (Lipinski definition) is 1. The van der Waals surface area contributed by atoms with Gasteiger partial charge in [0.15, 0.2) is 0 Å². The third-order valence-electron chi connectivity index (χ3n) is 12.9. The molecule has 0 amide bonds. The molecule has 0 aromatic heterocycles. The minimum Gasteiger partial charge on any atom is -0.497 e. The van der Waals surface area contributed by atoms with Gasteiger partial charge in [0, 0.05) is 0 Å². The Morgan fingerprint density at radius 2 is 0.983 bits per heavy atom. The van der Waals surface area contributed by atoms with Crippen LogP contribution in [0.2, 0.25) is 0 Å². The Labute approximate surface area is 349 Å². The Balaban J connectivity index is 1.05. The van der Waals surface area contributed by atoms with Crippen molar-refractivity contribution in [2.75, 3.05) is 7.11 Å². The van der Waals surface area contributed by atoms with Crippen molar-refractivity contribution in [1.82, 2.24) is 0 Å². The lowest BCUT2D eigenvalue weighted by atomic mass is 9.66. The molecular weight excluding hydrogens is 733 g/mol. The molecule has 3 heteroatoms. The van der Waals surface area contributed by atoms with Crippen LogP contribution in [-0.2, 0) is 11.0 Å². The quantitative estimate of drug-likeness (QED) is 0.175. The van der Waals surface area contributed by atoms with Crippen LogP contribution < -0.4 is 9.47 Å². The lowest BCUT2D eigenvalue weighted by Crippen LogP contribution is -2.29. The zero-order valence-corrected chi connectivity index (χ0v) is 33.7. The van der Waals surface area contributed by atoms with E-state index in [9.17, 15) is 5.11 Å². The van der Waals surface area contributed by atoms with E-state index in [0.717, 1.165) is 33.4 Å². The molecule has 11 rings (SSSR count). The van der Waals surface area contributed by atoms with Gasteiger partial charge in [0.25, 0.3) is 0 Å². The molecule has 0 spiro atoms. The molecule has 1 aliphatic rings. The normalized spacial score (nSPS) is 15.5. The van der Waals surface area contributed by atoms with Gasteiger partial charge in [0.2, 0.25) is 0 Å². The Hall–Kier alpha value is -7.20. The van der Waals surface area contributed by atoms with E-state index in [0.29, 0.717) is 5.75 Å². The van der Waals surface area contributed by atoms with Crippen LogP contribution in [0.1, 0.15) is 45.9 Å². The second-order valence-electron chi connectivity index (χ2n) is 16.4. The molecule has 0 bridgehead atoms. The predicted molar refractivity (Wildman–Crippen MR) is 247 cm³/mol. The summed E-state index contributed by atoms with van der Waals surface area (Å²) in [6.07, 6.45) is 0. The molecule has 2 atom stereocenters. The molecule has 0 aliphatic heterocycles. The summed E-state index contributed by atoms with van der Waals surface area (Å²) < 4.78 is 11.8. The third-order valence-corrected chi connectivity index (χ3v) is 12.9. The molecule has 0 saturated carbocycles. The van der Waals surface area contributed by atoms with Crippen LogP contribution in [0.5, 0.6) is 17.2 Å². The molecule has 10 aromatic rings. The van der Waals surface area contributed by atoms with E-state index in [1.807, 2.05) is 48.5 Å². The molecule has 1 N–H and O–H groups in total. The molecule has 1 aliphatic carbocycles. The topological polar surface area (TPSA) is 38.7 Å². The first-order valence-electron chi connectivity index (χ1n) is 20.6. The molecule has 3 nitrogen and oxygen atoms in total. The standard InChI is InChI=1S/C57H42O3/c1-36-12-13-40-33-45(19-14-39(40)32-36)57(53-31-18-37-8-4-6-10-50(37)54(53)52-30-17-38-9-5-7-11-51(38)55(52)57)46-20-15-42-35-49(25-16-41(42)34-46)60-48-28-23-44(24-29-48)56(2,58)43-21-26-47(59-3)27-22-43/h4-35,58H,1-3H3. The summed E-state index contributed by atoms with van der Waals surface area (Å²) in [6.45, 7) is 3.97. The van der Waals surface area contributed by atoms with Crippen LogP contribution in [0, 0.1) is 6.92 Å². The lowest BCUT2D eigenvalue weighted by molar-refractivity contribution is 0.102. The van der Waals surface area contributed by atoms with E-state index < -0.39 is 11.0 Å². The first-order chi connectivity index (χ1) is 29.3. The van der Waals surface area contributed by atoms with E-state index in [2.05, 4.69) is 153 Å². The maximum atomic E-state index is 11.5. The van der Waals surface area contributed by atoms with Gasteiger partial charge in [-0.3, -0.25) is 0 Å². The Kier molecular flexibility index (Phi) is 8.20. The van der Waals surface area contributed by atoms with Crippen molar-refractivity contribution in [3.63, 3.8) is 0 Å². The molecular formula is C57H42O3. The molecule has 288 valence electrons. The van der Waals surface area contributed by atoms with Gasteiger partial charge in [-0.2, -0.15) is 0 Å². The summed E-state index contributed by atoms with van der Waals surface area (Å²) >= 11 is 0. The van der Waals surface area contributed by atoms with Crippen molar-refractivity contribution in [2.45, 2.75) is 24.9 Å². The van der Waals surface area contributed by atoms with Gasteiger partial charge < -0.3 is 14.6 Å². The van der Waals surface area contributed by atoms with Crippen molar-refractivity contribution >= 4 is 43.1 Å². The van der Waals surface area contributed by atoms with E-state index in [1.165, 1.54) is 71.3 Å². The summed E-state index contributed by atoms with van der Waals surface area (Å²) in [4.78, 5) is 0. The van der Waals surface area contributed by atoms with E-state index in [1.54, 1.807) is 14.0 Å². The highest BCUT2D eigenvalue weighted by Gasteiger charge is 2.48. The second-order valence-corrected chi connectivity index (χ2v) is 16.4. The number of aryl methyl sites for hydroxylation is 1. The van der Waals surface area contributed by atoms with E-state index in [4.69, 9.17) is 9.47 Å². The zero-order valence-electron chi connectivity index (χ0n) is 33.7. The monoisotopic (exact) mass is 774 g/mol. The Morgan fingerprint density at radius 1 is 0.467 bits per heavy atom. The van der Waals surface area contributed by atoms with Crippen LogP contribution in [0.4, 0.5) is 0 Å². The maximum Gasteiger partial charge on any atom is 0.128 e. The molecule has 0 radical (unpaired) electrons. The number of hydrogen-bond acceptors (Lipinski definition) is 3. The average Bonchev–Trinajstić information content (AvgIpc) is 3.61. The fourth-order valence-electron chi connectivity index (χ4n) is 9.84. The fourth-order valence-corrected chi connectivity index (χ4v) is 9.84. The minimum absolute atomic E-state index is 0.604. The number of aliphatic hydroxyl groups is 1. The minimum atomic E-state index is -1.17. The van der Waals surface area contributed by atoms with E-state index >= 15 is 0 Å². The average molecular weight is 775 g/mol. The fraction of sp³-hybridized carbons (Fsp3) is 0.0877. The smallest absolute Gasteiger partial charge is 0.128 e. The van der Waals surface area contributed by atoms with Crippen molar-refractivity contribution in [3.8, 4) is 28.4 Å². The van der Waals surface area contributed by atoms with Crippen molar-refractivity contribution in [2.24, 2.45) is 0 Å². The number of rotatable bonds is 7. The van der Waals surface area contributed by atoms with Gasteiger partial charge >= 0.3 is 0 Å². The lowest BCUT2D eigenvalue weighted by Gasteiger charge is -2.35. The summed E-state index contributed by atoms with van der Waals surface area (Å²) in [5, 5.41) is 21.2. The van der Waals surface area contributed by atoms with E-state index in [-0.39, 0.29) is 0 Å². The van der Waals surface area contributed by atoms with Crippen molar-refractivity contribution in [1.29, 1.82) is 0 Å². The van der Waals surface area contributed by atoms with Crippen molar-refractivity contribution in [3.05, 3.63) is 233 Å². The molecule has 60 heavy (non-hydrogen) atoms. The molecule has 0 heterocycles. The first kappa shape index (κ1) is 35.9. The van der Waals surface area contributed by atoms with Crippen LogP contribution in [-0.4, -0.2) is 12.2 Å².